The van der Waals surface area contributed by atoms with Crippen LogP contribution >= 0.6 is 11.3 Å². The summed E-state index contributed by atoms with van der Waals surface area (Å²) in [5.74, 6) is 2.12. The van der Waals surface area contributed by atoms with Gasteiger partial charge in [-0.15, -0.1) is 11.3 Å². The first-order chi connectivity index (χ1) is 16.2. The van der Waals surface area contributed by atoms with Crippen LogP contribution in [-0.4, -0.2) is 36.1 Å². The van der Waals surface area contributed by atoms with E-state index in [1.54, 1.807) is 4.88 Å². The molecular formula is C28H30N4S. The van der Waals surface area contributed by atoms with Crippen molar-refractivity contribution in [2.45, 2.75) is 39.0 Å². The van der Waals surface area contributed by atoms with Crippen molar-refractivity contribution in [2.75, 3.05) is 36.0 Å². The Kier molecular flexibility index (Phi) is 5.50. The topological polar surface area (TPSA) is 32.3 Å². The summed E-state index contributed by atoms with van der Waals surface area (Å²) < 4.78 is 0. The van der Waals surface area contributed by atoms with Crippen molar-refractivity contribution in [2.24, 2.45) is 0 Å². The van der Waals surface area contributed by atoms with Crippen LogP contribution < -0.4 is 9.80 Å². The van der Waals surface area contributed by atoms with Crippen LogP contribution in [0.15, 0.2) is 54.6 Å². The first-order valence-electron chi connectivity index (χ1n) is 12.2. The van der Waals surface area contributed by atoms with Gasteiger partial charge < -0.3 is 9.80 Å². The first-order valence-corrected chi connectivity index (χ1v) is 13.0. The average Bonchev–Trinajstić information content (AvgIpc) is 3.23. The second kappa shape index (κ2) is 8.79. The smallest absolute Gasteiger partial charge is 0.141 e. The number of piperazine rings is 1. The molecule has 0 saturated carbocycles. The first kappa shape index (κ1) is 20.7. The molecule has 0 atom stereocenters. The summed E-state index contributed by atoms with van der Waals surface area (Å²) in [5, 5.41) is 1.34. The molecule has 0 amide bonds. The third kappa shape index (κ3) is 4.10. The van der Waals surface area contributed by atoms with Crippen molar-refractivity contribution in [3.63, 3.8) is 0 Å². The molecular weight excluding hydrogens is 424 g/mol. The zero-order valence-electron chi connectivity index (χ0n) is 19.3. The Morgan fingerprint density at radius 1 is 0.818 bits per heavy atom. The Bertz CT molecular complexity index is 1250. The number of aromatic nitrogens is 2. The van der Waals surface area contributed by atoms with Crippen LogP contribution in [-0.2, 0) is 19.3 Å². The maximum atomic E-state index is 5.21. The molecule has 2 aromatic heterocycles. The van der Waals surface area contributed by atoms with Gasteiger partial charge in [-0.1, -0.05) is 48.0 Å². The highest BCUT2D eigenvalue weighted by Crippen LogP contribution is 2.40. The van der Waals surface area contributed by atoms with Gasteiger partial charge in [-0.25, -0.2) is 9.97 Å². The summed E-state index contributed by atoms with van der Waals surface area (Å²) in [5.41, 5.74) is 5.44. The quantitative estimate of drug-likeness (QED) is 0.390. The van der Waals surface area contributed by atoms with Crippen LogP contribution in [0.2, 0.25) is 0 Å². The summed E-state index contributed by atoms with van der Waals surface area (Å²) in [4.78, 5) is 18.0. The van der Waals surface area contributed by atoms with E-state index in [2.05, 4.69) is 71.3 Å². The highest BCUT2D eigenvalue weighted by atomic mass is 32.1. The molecule has 0 bridgehead atoms. The van der Waals surface area contributed by atoms with Crippen LogP contribution in [0.4, 0.5) is 11.5 Å². The van der Waals surface area contributed by atoms with Gasteiger partial charge in [0.1, 0.15) is 16.5 Å². The number of fused-ring (bicyclic) bond motifs is 3. The largest absolute Gasteiger partial charge is 0.368 e. The molecule has 2 aromatic carbocycles. The fourth-order valence-corrected chi connectivity index (χ4v) is 6.47. The molecule has 2 aliphatic rings. The van der Waals surface area contributed by atoms with Crippen molar-refractivity contribution in [3.05, 3.63) is 82.0 Å². The van der Waals surface area contributed by atoms with E-state index in [4.69, 9.17) is 9.97 Å². The number of hydrogen-bond donors (Lipinski definition) is 0. The van der Waals surface area contributed by atoms with E-state index >= 15 is 0 Å². The number of rotatable bonds is 4. The summed E-state index contributed by atoms with van der Waals surface area (Å²) in [7, 11) is 0. The number of anilines is 2. The van der Waals surface area contributed by atoms with E-state index in [9.17, 15) is 0 Å². The van der Waals surface area contributed by atoms with Gasteiger partial charge >= 0.3 is 0 Å². The third-order valence-corrected chi connectivity index (χ3v) is 8.21. The predicted octanol–water partition coefficient (Wildman–Crippen LogP) is 5.80. The molecule has 0 spiro atoms. The Labute approximate surface area is 199 Å². The van der Waals surface area contributed by atoms with Crippen LogP contribution in [0.25, 0.3) is 10.2 Å². The molecule has 4 aromatic rings. The van der Waals surface area contributed by atoms with Crippen molar-refractivity contribution in [1.82, 2.24) is 9.97 Å². The molecule has 33 heavy (non-hydrogen) atoms. The molecule has 0 radical (unpaired) electrons. The number of benzene rings is 2. The van der Waals surface area contributed by atoms with Gasteiger partial charge in [0.2, 0.25) is 0 Å². The van der Waals surface area contributed by atoms with Crippen LogP contribution in [0.3, 0.4) is 0 Å². The lowest BCUT2D eigenvalue weighted by Gasteiger charge is -2.37. The van der Waals surface area contributed by atoms with Gasteiger partial charge in [-0.05, 0) is 55.9 Å². The van der Waals surface area contributed by atoms with E-state index in [-0.39, 0.29) is 0 Å². The lowest BCUT2D eigenvalue weighted by atomic mass is 9.96. The lowest BCUT2D eigenvalue weighted by molar-refractivity contribution is 0.646. The minimum absolute atomic E-state index is 0.787. The normalized spacial score (nSPS) is 16.3. The molecule has 168 valence electrons. The maximum Gasteiger partial charge on any atom is 0.141 e. The van der Waals surface area contributed by atoms with Gasteiger partial charge in [0.25, 0.3) is 0 Å². The molecule has 1 fully saturated rings. The Balaban J connectivity index is 1.34. The lowest BCUT2D eigenvalue weighted by Crippen LogP contribution is -2.47. The van der Waals surface area contributed by atoms with Crippen molar-refractivity contribution in [1.29, 1.82) is 0 Å². The zero-order chi connectivity index (χ0) is 22.2. The van der Waals surface area contributed by atoms with Crippen LogP contribution in [0.1, 0.15) is 40.2 Å². The van der Waals surface area contributed by atoms with E-state index in [1.807, 2.05) is 11.3 Å². The molecule has 1 aliphatic heterocycles. The minimum atomic E-state index is 0.787. The van der Waals surface area contributed by atoms with Crippen molar-refractivity contribution in [3.8, 4) is 0 Å². The van der Waals surface area contributed by atoms with Gasteiger partial charge in [-0.3, -0.25) is 0 Å². The van der Waals surface area contributed by atoms with Gasteiger partial charge in [0.05, 0.1) is 5.39 Å². The molecule has 1 aliphatic carbocycles. The third-order valence-electron chi connectivity index (χ3n) is 7.03. The molecule has 0 unspecified atom stereocenters. The molecule has 5 heteroatoms. The maximum absolute atomic E-state index is 5.21. The second-order valence-corrected chi connectivity index (χ2v) is 10.4. The Morgan fingerprint density at radius 3 is 2.33 bits per heavy atom. The fraction of sp³-hybridized carbons (Fsp3) is 0.357. The zero-order valence-corrected chi connectivity index (χ0v) is 20.1. The van der Waals surface area contributed by atoms with E-state index in [0.717, 1.165) is 38.4 Å². The Hall–Kier alpha value is -2.92. The molecule has 1 saturated heterocycles. The summed E-state index contributed by atoms with van der Waals surface area (Å²) >= 11 is 1.91. The predicted molar refractivity (Wildman–Crippen MR) is 139 cm³/mol. The monoisotopic (exact) mass is 454 g/mol. The van der Waals surface area contributed by atoms with E-state index in [0.29, 0.717) is 0 Å². The van der Waals surface area contributed by atoms with Crippen LogP contribution in [0, 0.1) is 6.92 Å². The number of nitrogens with zero attached hydrogens (tertiary/aromatic N) is 4. The SMILES string of the molecule is Cc1ccc(N2CCN(c3nc(Cc4ccccc4)nc4sc5c(c34)CCCC5)CC2)cc1. The highest BCUT2D eigenvalue weighted by Gasteiger charge is 2.26. The number of hydrogen-bond acceptors (Lipinski definition) is 5. The van der Waals surface area contributed by atoms with E-state index in [1.165, 1.54) is 64.1 Å². The number of thiophene rings is 1. The minimum Gasteiger partial charge on any atom is -0.368 e. The summed E-state index contributed by atoms with van der Waals surface area (Å²) in [6, 6.07) is 19.5. The average molecular weight is 455 g/mol. The van der Waals surface area contributed by atoms with Crippen molar-refractivity contribution < 1.29 is 0 Å². The molecule has 6 rings (SSSR count). The molecule has 0 N–H and O–H groups in total. The fourth-order valence-electron chi connectivity index (χ4n) is 5.20. The summed E-state index contributed by atoms with van der Waals surface area (Å²) in [6.07, 6.45) is 5.74. The second-order valence-electron chi connectivity index (χ2n) is 9.33. The van der Waals surface area contributed by atoms with Gasteiger partial charge in [0.15, 0.2) is 0 Å². The molecule has 3 heterocycles. The van der Waals surface area contributed by atoms with Gasteiger partial charge in [-0.2, -0.15) is 0 Å². The number of aryl methyl sites for hydroxylation is 3. The van der Waals surface area contributed by atoms with Crippen molar-refractivity contribution >= 4 is 33.1 Å². The van der Waals surface area contributed by atoms with Crippen LogP contribution in [0.5, 0.6) is 0 Å². The van der Waals surface area contributed by atoms with E-state index < -0.39 is 0 Å². The van der Waals surface area contributed by atoms with Gasteiger partial charge in [0, 0.05) is 43.2 Å². The Morgan fingerprint density at radius 2 is 1.55 bits per heavy atom. The highest BCUT2D eigenvalue weighted by molar-refractivity contribution is 7.19. The molecule has 4 nitrogen and oxygen atoms in total. The standard InChI is InChI=1S/C28H30N4S/c1-20-11-13-22(14-12-20)31-15-17-32(18-16-31)27-26-23-9-5-6-10-24(23)33-28(26)30-25(29-27)19-21-7-3-2-4-8-21/h2-4,7-8,11-14H,5-6,9-10,15-19H2,1H3. The summed E-state index contributed by atoms with van der Waals surface area (Å²) in [6.45, 7) is 6.19.